The summed E-state index contributed by atoms with van der Waals surface area (Å²) < 4.78 is 11.0. The van der Waals surface area contributed by atoms with E-state index < -0.39 is 0 Å². The van der Waals surface area contributed by atoms with Crippen LogP contribution in [0.1, 0.15) is 11.3 Å². The van der Waals surface area contributed by atoms with Crippen molar-refractivity contribution >= 4 is 0 Å². The zero-order chi connectivity index (χ0) is 13.0. The number of benzene rings is 1. The first-order chi connectivity index (χ1) is 8.74. The molecule has 1 heterocycles. The van der Waals surface area contributed by atoms with Crippen molar-refractivity contribution in [3.8, 4) is 17.4 Å². The molecule has 5 nitrogen and oxygen atoms in total. The van der Waals surface area contributed by atoms with Gasteiger partial charge in [0.2, 0.25) is 5.88 Å². The van der Waals surface area contributed by atoms with E-state index in [1.807, 2.05) is 25.1 Å². The highest BCUT2D eigenvalue weighted by atomic mass is 16.5. The summed E-state index contributed by atoms with van der Waals surface area (Å²) >= 11 is 0. The molecule has 94 valence electrons. The Kier molecular flexibility index (Phi) is 3.74. The maximum Gasteiger partial charge on any atom is 0.241 e. The molecule has 1 aromatic carbocycles. The molecule has 0 unspecified atom stereocenters. The fraction of sp³-hybridized carbons (Fsp3) is 0.231. The Morgan fingerprint density at radius 3 is 2.61 bits per heavy atom. The first-order valence-electron chi connectivity index (χ1n) is 5.57. The minimum Gasteiger partial charge on any atom is -0.493 e. The van der Waals surface area contributed by atoms with Gasteiger partial charge in [0.05, 0.1) is 12.8 Å². The molecular weight excluding hydrogens is 230 g/mol. The van der Waals surface area contributed by atoms with Gasteiger partial charge in [-0.1, -0.05) is 6.07 Å². The second-order valence-corrected chi connectivity index (χ2v) is 3.74. The molecule has 0 saturated carbocycles. The summed E-state index contributed by atoms with van der Waals surface area (Å²) in [5.41, 5.74) is 7.29. The molecule has 0 atom stereocenters. The topological polar surface area (TPSA) is 70.3 Å². The zero-order valence-electron chi connectivity index (χ0n) is 10.4. The number of aromatic nitrogens is 2. The fourth-order valence-corrected chi connectivity index (χ4v) is 1.52. The molecule has 0 radical (unpaired) electrons. The van der Waals surface area contributed by atoms with E-state index in [4.69, 9.17) is 15.2 Å². The predicted octanol–water partition coefficient (Wildman–Crippen LogP) is 2.04. The van der Waals surface area contributed by atoms with Gasteiger partial charge in [-0.15, -0.1) is 0 Å². The lowest BCUT2D eigenvalue weighted by Gasteiger charge is -2.11. The Bertz CT molecular complexity index is 544. The van der Waals surface area contributed by atoms with Gasteiger partial charge in [0.15, 0.2) is 11.5 Å². The number of hydrogen-bond donors (Lipinski definition) is 1. The minimum atomic E-state index is 0.459. The monoisotopic (exact) mass is 245 g/mol. The number of rotatable bonds is 4. The Morgan fingerprint density at radius 2 is 1.94 bits per heavy atom. The molecule has 2 aromatic rings. The van der Waals surface area contributed by atoms with Gasteiger partial charge >= 0.3 is 0 Å². The molecule has 0 fully saturated rings. The number of nitrogens with two attached hydrogens (primary N) is 1. The van der Waals surface area contributed by atoms with E-state index in [0.29, 0.717) is 23.9 Å². The van der Waals surface area contributed by atoms with Crippen molar-refractivity contribution in [2.75, 3.05) is 7.11 Å². The predicted molar refractivity (Wildman–Crippen MR) is 67.7 cm³/mol. The number of aryl methyl sites for hydroxylation is 1. The van der Waals surface area contributed by atoms with Crippen LogP contribution in [-0.4, -0.2) is 17.1 Å². The van der Waals surface area contributed by atoms with Gasteiger partial charge in [0, 0.05) is 18.9 Å². The van der Waals surface area contributed by atoms with Crippen LogP contribution in [0.2, 0.25) is 0 Å². The van der Waals surface area contributed by atoms with Crippen LogP contribution in [-0.2, 0) is 6.54 Å². The quantitative estimate of drug-likeness (QED) is 0.892. The van der Waals surface area contributed by atoms with Crippen molar-refractivity contribution in [3.05, 3.63) is 41.9 Å². The lowest BCUT2D eigenvalue weighted by molar-refractivity contribution is 0.372. The van der Waals surface area contributed by atoms with Crippen molar-refractivity contribution in [1.29, 1.82) is 0 Å². The third-order valence-corrected chi connectivity index (χ3v) is 2.51. The van der Waals surface area contributed by atoms with Crippen LogP contribution in [0.15, 0.2) is 30.6 Å². The molecule has 0 bridgehead atoms. The molecule has 18 heavy (non-hydrogen) atoms. The van der Waals surface area contributed by atoms with Crippen LogP contribution in [0.3, 0.4) is 0 Å². The van der Waals surface area contributed by atoms with Crippen LogP contribution in [0.25, 0.3) is 0 Å². The van der Waals surface area contributed by atoms with E-state index in [0.717, 1.165) is 11.3 Å². The van der Waals surface area contributed by atoms with Crippen molar-refractivity contribution < 1.29 is 9.47 Å². The summed E-state index contributed by atoms with van der Waals surface area (Å²) in [5.74, 6) is 1.69. The van der Waals surface area contributed by atoms with Gasteiger partial charge in [0.25, 0.3) is 0 Å². The van der Waals surface area contributed by atoms with E-state index in [-0.39, 0.29) is 0 Å². The highest BCUT2D eigenvalue weighted by Crippen LogP contribution is 2.32. The standard InChI is InChI=1S/C13H15N3O2/c1-9-13(16-6-5-15-9)18-11-4-3-10(8-14)7-12(11)17-2/h3-7H,8,14H2,1-2H3. The van der Waals surface area contributed by atoms with E-state index in [9.17, 15) is 0 Å². The number of methoxy groups -OCH3 is 1. The Balaban J connectivity index is 2.32. The van der Waals surface area contributed by atoms with Crippen LogP contribution in [0, 0.1) is 6.92 Å². The Hall–Kier alpha value is -2.14. The van der Waals surface area contributed by atoms with E-state index in [1.54, 1.807) is 19.5 Å². The Morgan fingerprint density at radius 1 is 1.17 bits per heavy atom. The van der Waals surface area contributed by atoms with Gasteiger partial charge in [-0.25, -0.2) is 4.98 Å². The van der Waals surface area contributed by atoms with Gasteiger partial charge < -0.3 is 15.2 Å². The average Bonchev–Trinajstić information content (AvgIpc) is 2.41. The largest absolute Gasteiger partial charge is 0.493 e. The highest BCUT2D eigenvalue weighted by molar-refractivity contribution is 5.44. The first-order valence-corrected chi connectivity index (χ1v) is 5.57. The second-order valence-electron chi connectivity index (χ2n) is 3.74. The average molecular weight is 245 g/mol. The normalized spacial score (nSPS) is 10.2. The van der Waals surface area contributed by atoms with Crippen LogP contribution >= 0.6 is 0 Å². The van der Waals surface area contributed by atoms with Gasteiger partial charge in [-0.05, 0) is 24.6 Å². The maximum atomic E-state index is 5.69. The maximum absolute atomic E-state index is 5.69. The molecule has 0 aliphatic carbocycles. The molecular formula is C13H15N3O2. The number of hydrogen-bond acceptors (Lipinski definition) is 5. The molecule has 0 aliphatic heterocycles. The molecule has 2 N–H and O–H groups in total. The minimum absolute atomic E-state index is 0.459. The van der Waals surface area contributed by atoms with E-state index in [2.05, 4.69) is 9.97 Å². The van der Waals surface area contributed by atoms with Crippen molar-refractivity contribution in [2.24, 2.45) is 5.73 Å². The van der Waals surface area contributed by atoms with Crippen LogP contribution < -0.4 is 15.2 Å². The van der Waals surface area contributed by atoms with Gasteiger partial charge in [-0.2, -0.15) is 0 Å². The van der Waals surface area contributed by atoms with Crippen LogP contribution in [0.5, 0.6) is 17.4 Å². The first kappa shape index (κ1) is 12.3. The summed E-state index contributed by atoms with van der Waals surface area (Å²) in [6.45, 7) is 2.30. The number of ether oxygens (including phenoxy) is 2. The summed E-state index contributed by atoms with van der Waals surface area (Å²) in [6.07, 6.45) is 3.21. The van der Waals surface area contributed by atoms with E-state index >= 15 is 0 Å². The SMILES string of the molecule is COc1cc(CN)ccc1Oc1nccnc1C. The highest BCUT2D eigenvalue weighted by Gasteiger charge is 2.09. The summed E-state index contributed by atoms with van der Waals surface area (Å²) in [6, 6.07) is 5.56. The molecule has 0 saturated heterocycles. The molecule has 0 aliphatic rings. The summed E-state index contributed by atoms with van der Waals surface area (Å²) in [7, 11) is 1.59. The van der Waals surface area contributed by atoms with Gasteiger partial charge in [0.1, 0.15) is 0 Å². The van der Waals surface area contributed by atoms with Crippen molar-refractivity contribution in [3.63, 3.8) is 0 Å². The third kappa shape index (κ3) is 2.57. The lowest BCUT2D eigenvalue weighted by Crippen LogP contribution is -1.99. The lowest BCUT2D eigenvalue weighted by atomic mass is 10.2. The smallest absolute Gasteiger partial charge is 0.241 e. The van der Waals surface area contributed by atoms with Crippen LogP contribution in [0.4, 0.5) is 0 Å². The molecule has 1 aromatic heterocycles. The third-order valence-electron chi connectivity index (χ3n) is 2.51. The fourth-order valence-electron chi connectivity index (χ4n) is 1.52. The van der Waals surface area contributed by atoms with E-state index in [1.165, 1.54) is 0 Å². The van der Waals surface area contributed by atoms with Crippen molar-refractivity contribution in [2.45, 2.75) is 13.5 Å². The second kappa shape index (κ2) is 5.46. The molecule has 5 heteroatoms. The molecule has 0 amide bonds. The molecule has 2 rings (SSSR count). The number of nitrogens with zero attached hydrogens (tertiary/aromatic N) is 2. The zero-order valence-corrected chi connectivity index (χ0v) is 10.4. The van der Waals surface area contributed by atoms with Gasteiger partial charge in [-0.3, -0.25) is 4.98 Å². The molecule has 0 spiro atoms. The summed E-state index contributed by atoms with van der Waals surface area (Å²) in [5, 5.41) is 0. The Labute approximate surface area is 106 Å². The van der Waals surface area contributed by atoms with Crippen molar-refractivity contribution in [1.82, 2.24) is 9.97 Å². The summed E-state index contributed by atoms with van der Waals surface area (Å²) in [4.78, 5) is 8.24.